The first-order chi connectivity index (χ1) is 9.45. The highest BCUT2D eigenvalue weighted by Gasteiger charge is 2.45. The zero-order chi connectivity index (χ0) is 14.3. The molecule has 4 nitrogen and oxygen atoms in total. The lowest BCUT2D eigenvalue weighted by atomic mass is 10.1. The molecule has 0 fully saturated rings. The van der Waals surface area contributed by atoms with Gasteiger partial charge in [0.2, 0.25) is 0 Å². The smallest absolute Gasteiger partial charge is 0.368 e. The zero-order valence-corrected chi connectivity index (χ0v) is 10.7. The third kappa shape index (κ3) is 2.23. The normalized spacial score (nSPS) is 22.2. The Labute approximate surface area is 113 Å². The predicted molar refractivity (Wildman–Crippen MR) is 68.3 cm³/mol. The molecule has 1 aliphatic rings. The zero-order valence-electron chi connectivity index (χ0n) is 10.7. The van der Waals surface area contributed by atoms with Gasteiger partial charge in [0.1, 0.15) is 5.82 Å². The van der Waals surface area contributed by atoms with E-state index >= 15 is 0 Å². The van der Waals surface area contributed by atoms with Gasteiger partial charge < -0.3 is 5.32 Å². The maximum atomic E-state index is 13.1. The lowest BCUT2D eigenvalue weighted by Crippen LogP contribution is -2.37. The van der Waals surface area contributed by atoms with Gasteiger partial charge in [-0.25, -0.2) is 4.68 Å². The van der Waals surface area contributed by atoms with Gasteiger partial charge in [-0.3, -0.25) is 4.98 Å². The van der Waals surface area contributed by atoms with Gasteiger partial charge in [-0.15, -0.1) is 0 Å². The summed E-state index contributed by atoms with van der Waals surface area (Å²) in [5.74, 6) is 0.401. The number of nitrogens with one attached hydrogen (secondary N) is 1. The van der Waals surface area contributed by atoms with Crippen molar-refractivity contribution in [3.8, 4) is 11.3 Å². The Morgan fingerprint density at radius 2 is 2.00 bits per heavy atom. The first-order valence-corrected chi connectivity index (χ1v) is 6.28. The fourth-order valence-corrected chi connectivity index (χ4v) is 2.42. The summed E-state index contributed by atoms with van der Waals surface area (Å²) in [5, 5.41) is 7.15. The van der Waals surface area contributed by atoms with Crippen LogP contribution < -0.4 is 5.32 Å². The summed E-state index contributed by atoms with van der Waals surface area (Å²) in [7, 11) is 0. The van der Waals surface area contributed by atoms with E-state index in [0.717, 1.165) is 10.2 Å². The molecule has 0 bridgehead atoms. The molecule has 3 heterocycles. The number of hydrogen-bond donors (Lipinski definition) is 1. The number of fused-ring (bicyclic) bond motifs is 1. The Balaban J connectivity index is 2.05. The maximum absolute atomic E-state index is 13.1. The van der Waals surface area contributed by atoms with E-state index in [-0.39, 0.29) is 12.5 Å². The van der Waals surface area contributed by atoms with E-state index in [1.54, 1.807) is 37.5 Å². The van der Waals surface area contributed by atoms with Gasteiger partial charge in [-0.1, -0.05) is 0 Å². The third-order valence-electron chi connectivity index (χ3n) is 3.36. The molecule has 2 unspecified atom stereocenters. The minimum Gasteiger partial charge on any atom is -0.368 e. The molecule has 2 aromatic rings. The molecule has 3 rings (SSSR count). The van der Waals surface area contributed by atoms with Crippen LogP contribution in [0, 0.1) is 0 Å². The van der Waals surface area contributed by atoms with Gasteiger partial charge in [0, 0.05) is 30.1 Å². The number of halogens is 3. The molecule has 1 N–H and O–H groups in total. The highest BCUT2D eigenvalue weighted by atomic mass is 19.4. The molecule has 0 amide bonds. The first kappa shape index (κ1) is 13.0. The van der Waals surface area contributed by atoms with Gasteiger partial charge in [0.25, 0.3) is 0 Å². The number of nitrogens with zero attached hydrogens (tertiary/aromatic N) is 3. The Hall–Kier alpha value is -2.05. The van der Waals surface area contributed by atoms with Gasteiger partial charge in [0.15, 0.2) is 6.04 Å². The summed E-state index contributed by atoms with van der Waals surface area (Å²) in [4.78, 5) is 3.89. The molecule has 2 atom stereocenters. The fourth-order valence-electron chi connectivity index (χ4n) is 2.42. The second-order valence-electron chi connectivity index (χ2n) is 4.93. The minimum atomic E-state index is -4.30. The Kier molecular flexibility index (Phi) is 2.92. The summed E-state index contributed by atoms with van der Waals surface area (Å²) >= 11 is 0. The average molecular weight is 282 g/mol. The van der Waals surface area contributed by atoms with E-state index in [9.17, 15) is 13.2 Å². The summed E-state index contributed by atoms with van der Waals surface area (Å²) in [6, 6.07) is 3.27. The molecule has 0 aliphatic carbocycles. The van der Waals surface area contributed by atoms with Gasteiger partial charge in [0.05, 0.1) is 5.69 Å². The number of aromatic nitrogens is 3. The van der Waals surface area contributed by atoms with E-state index in [1.807, 2.05) is 0 Å². The third-order valence-corrected chi connectivity index (χ3v) is 3.36. The fraction of sp³-hybridized carbons (Fsp3) is 0.385. The van der Waals surface area contributed by atoms with Crippen molar-refractivity contribution >= 4 is 5.82 Å². The highest BCUT2D eigenvalue weighted by Crippen LogP contribution is 2.40. The maximum Gasteiger partial charge on any atom is 0.410 e. The summed E-state index contributed by atoms with van der Waals surface area (Å²) < 4.78 is 40.4. The number of rotatable bonds is 1. The van der Waals surface area contributed by atoms with E-state index in [2.05, 4.69) is 15.4 Å². The number of pyridine rings is 1. The molecule has 0 saturated heterocycles. The van der Waals surface area contributed by atoms with Crippen molar-refractivity contribution in [2.24, 2.45) is 0 Å². The molecule has 106 valence electrons. The van der Waals surface area contributed by atoms with Crippen LogP contribution in [0.2, 0.25) is 0 Å². The topological polar surface area (TPSA) is 42.7 Å². The van der Waals surface area contributed by atoms with E-state index < -0.39 is 12.2 Å². The largest absolute Gasteiger partial charge is 0.410 e. The lowest BCUT2D eigenvalue weighted by molar-refractivity contribution is -0.173. The van der Waals surface area contributed by atoms with E-state index in [1.165, 1.54) is 0 Å². The summed E-state index contributed by atoms with van der Waals surface area (Å²) in [6.07, 6.45) is -1.14. The van der Waals surface area contributed by atoms with Crippen LogP contribution in [0.15, 0.2) is 30.6 Å². The molecule has 0 radical (unpaired) electrons. The first-order valence-electron chi connectivity index (χ1n) is 6.28. The van der Waals surface area contributed by atoms with Crippen molar-refractivity contribution in [2.75, 3.05) is 5.32 Å². The molecule has 0 saturated carbocycles. The second-order valence-corrected chi connectivity index (χ2v) is 4.93. The number of anilines is 1. The monoisotopic (exact) mass is 282 g/mol. The SMILES string of the molecule is CC1CC(C(F)(F)F)n2nc(-c3ccncc3)cc2N1. The van der Waals surface area contributed by atoms with Crippen molar-refractivity contribution in [3.05, 3.63) is 30.6 Å². The Bertz CT molecular complexity index is 606. The highest BCUT2D eigenvalue weighted by molar-refractivity contribution is 5.63. The van der Waals surface area contributed by atoms with Crippen LogP contribution in [0.3, 0.4) is 0 Å². The van der Waals surface area contributed by atoms with Crippen molar-refractivity contribution in [3.63, 3.8) is 0 Å². The molecule has 0 aromatic carbocycles. The van der Waals surface area contributed by atoms with Crippen LogP contribution in [0.1, 0.15) is 19.4 Å². The van der Waals surface area contributed by atoms with Crippen molar-refractivity contribution in [1.29, 1.82) is 0 Å². The number of hydrogen-bond acceptors (Lipinski definition) is 3. The van der Waals surface area contributed by atoms with Crippen molar-refractivity contribution in [2.45, 2.75) is 31.6 Å². The second kappa shape index (κ2) is 4.50. The Morgan fingerprint density at radius 1 is 1.30 bits per heavy atom. The van der Waals surface area contributed by atoms with Crippen LogP contribution >= 0.6 is 0 Å². The molecule has 7 heteroatoms. The summed E-state index contributed by atoms with van der Waals surface area (Å²) in [6.45, 7) is 1.74. The van der Waals surface area contributed by atoms with Gasteiger partial charge in [-0.05, 0) is 25.5 Å². The summed E-state index contributed by atoms with van der Waals surface area (Å²) in [5.41, 5.74) is 1.26. The van der Waals surface area contributed by atoms with Crippen LogP contribution in [0.25, 0.3) is 11.3 Å². The van der Waals surface area contributed by atoms with Crippen LogP contribution in [-0.4, -0.2) is 27.0 Å². The van der Waals surface area contributed by atoms with Crippen LogP contribution in [-0.2, 0) is 0 Å². The molecule has 2 aromatic heterocycles. The molecular weight excluding hydrogens is 269 g/mol. The quantitative estimate of drug-likeness (QED) is 0.873. The number of alkyl halides is 3. The predicted octanol–water partition coefficient (Wildman–Crippen LogP) is 3.25. The van der Waals surface area contributed by atoms with Gasteiger partial charge in [-0.2, -0.15) is 18.3 Å². The Morgan fingerprint density at radius 3 is 2.65 bits per heavy atom. The molecular formula is C13H13F3N4. The molecule has 1 aliphatic heterocycles. The van der Waals surface area contributed by atoms with E-state index in [4.69, 9.17) is 0 Å². The molecule has 0 spiro atoms. The lowest BCUT2D eigenvalue weighted by Gasteiger charge is -2.31. The average Bonchev–Trinajstić information content (AvgIpc) is 2.81. The van der Waals surface area contributed by atoms with Crippen LogP contribution in [0.5, 0.6) is 0 Å². The molecule has 20 heavy (non-hydrogen) atoms. The van der Waals surface area contributed by atoms with E-state index in [0.29, 0.717) is 11.5 Å². The van der Waals surface area contributed by atoms with Crippen molar-refractivity contribution < 1.29 is 13.2 Å². The van der Waals surface area contributed by atoms with Gasteiger partial charge >= 0.3 is 6.18 Å². The standard InChI is InChI=1S/C13H13F3N4/c1-8-6-11(13(14,15)16)20-12(18-8)7-10(19-20)9-2-4-17-5-3-9/h2-5,7-8,11,18H,6H2,1H3. The van der Waals surface area contributed by atoms with Crippen LogP contribution in [0.4, 0.5) is 19.0 Å². The minimum absolute atomic E-state index is 0.0199. The van der Waals surface area contributed by atoms with Crippen molar-refractivity contribution in [1.82, 2.24) is 14.8 Å².